The molecule has 1 aliphatic heterocycles. The number of carbonyl (C=O) groups is 2. The zero-order valence-electron chi connectivity index (χ0n) is 15.5. The molecule has 1 N–H and O–H groups in total. The van der Waals surface area contributed by atoms with Crippen LogP contribution in [-0.2, 0) is 4.79 Å². The molecule has 2 amide bonds. The molecule has 0 spiro atoms. The first-order valence-electron chi connectivity index (χ1n) is 9.35. The number of rotatable bonds is 3. The van der Waals surface area contributed by atoms with Crippen molar-refractivity contribution in [2.24, 2.45) is 5.92 Å². The molecule has 4 rings (SSSR count). The number of piperidine rings is 1. The molecule has 0 radical (unpaired) electrons. The molecule has 1 atom stereocenters. The summed E-state index contributed by atoms with van der Waals surface area (Å²) < 4.78 is 14.2. The predicted octanol–water partition coefficient (Wildman–Crippen LogP) is 2.16. The first kappa shape index (κ1) is 18.8. The van der Waals surface area contributed by atoms with Crippen molar-refractivity contribution >= 4 is 22.7 Å². The number of halogens is 1. The Balaban J connectivity index is 1.48. The van der Waals surface area contributed by atoms with Gasteiger partial charge in [0.25, 0.3) is 11.5 Å². The van der Waals surface area contributed by atoms with Gasteiger partial charge in [0.05, 0.1) is 16.8 Å². The van der Waals surface area contributed by atoms with Crippen molar-refractivity contribution in [2.75, 3.05) is 18.5 Å². The van der Waals surface area contributed by atoms with Crippen LogP contribution in [0.15, 0.2) is 59.7 Å². The predicted molar refractivity (Wildman–Crippen MR) is 105 cm³/mol. The minimum absolute atomic E-state index is 0.234. The molecule has 1 fully saturated rings. The number of nitrogens with one attached hydrogen (secondary N) is 1. The van der Waals surface area contributed by atoms with E-state index in [0.717, 1.165) is 4.68 Å². The molecule has 29 heavy (non-hydrogen) atoms. The zero-order chi connectivity index (χ0) is 20.4. The molecular weight excluding hydrogens is 375 g/mol. The van der Waals surface area contributed by atoms with E-state index in [9.17, 15) is 18.8 Å². The summed E-state index contributed by atoms with van der Waals surface area (Å²) in [6, 6.07) is 12.2. The number of fused-ring (bicyclic) bond motifs is 1. The van der Waals surface area contributed by atoms with E-state index in [-0.39, 0.29) is 23.9 Å². The number of aromatic nitrogens is 2. The van der Waals surface area contributed by atoms with Gasteiger partial charge in [0.2, 0.25) is 5.91 Å². The Hall–Kier alpha value is -3.55. The van der Waals surface area contributed by atoms with Gasteiger partial charge in [-0.2, -0.15) is 0 Å². The minimum Gasteiger partial charge on any atom is -0.338 e. The molecule has 1 saturated heterocycles. The number of likely N-dealkylation sites (tertiary alicyclic amines) is 1. The van der Waals surface area contributed by atoms with E-state index in [1.807, 2.05) is 0 Å². The summed E-state index contributed by atoms with van der Waals surface area (Å²) in [5.74, 6) is -1.45. The summed E-state index contributed by atoms with van der Waals surface area (Å²) in [4.78, 5) is 43.7. The fourth-order valence-corrected chi connectivity index (χ4v) is 3.51. The van der Waals surface area contributed by atoms with Crippen molar-refractivity contribution in [1.82, 2.24) is 14.6 Å². The lowest BCUT2D eigenvalue weighted by molar-refractivity contribution is -0.122. The number of benzene rings is 2. The number of hydrogen-bond acceptors (Lipinski definition) is 4. The van der Waals surface area contributed by atoms with Crippen LogP contribution in [0.5, 0.6) is 0 Å². The van der Waals surface area contributed by atoms with Gasteiger partial charge in [0, 0.05) is 18.7 Å². The highest BCUT2D eigenvalue weighted by molar-refractivity contribution is 5.95. The van der Waals surface area contributed by atoms with E-state index in [1.165, 1.54) is 30.6 Å². The van der Waals surface area contributed by atoms with Crippen molar-refractivity contribution in [3.8, 4) is 0 Å². The highest BCUT2D eigenvalue weighted by Gasteiger charge is 2.29. The molecule has 7 nitrogen and oxygen atoms in total. The SMILES string of the molecule is O=C(Nn1cnc2ccccc2c1=O)C1CCCN(C(=O)c2ccc(F)cc2)C1. The van der Waals surface area contributed by atoms with E-state index >= 15 is 0 Å². The van der Waals surface area contributed by atoms with E-state index in [1.54, 1.807) is 29.2 Å². The molecular formula is C21H19FN4O3. The van der Waals surface area contributed by atoms with Gasteiger partial charge in [0.1, 0.15) is 12.1 Å². The van der Waals surface area contributed by atoms with Crippen LogP contribution in [0.1, 0.15) is 23.2 Å². The molecule has 1 aromatic heterocycles. The summed E-state index contributed by atoms with van der Waals surface area (Å²) in [6.07, 6.45) is 2.55. The average molecular weight is 394 g/mol. The van der Waals surface area contributed by atoms with Gasteiger partial charge in [0.15, 0.2) is 0 Å². The van der Waals surface area contributed by atoms with Crippen molar-refractivity contribution in [3.05, 3.63) is 76.6 Å². The smallest absolute Gasteiger partial charge is 0.280 e. The first-order chi connectivity index (χ1) is 14.0. The summed E-state index contributed by atoms with van der Waals surface area (Å²) >= 11 is 0. The highest BCUT2D eigenvalue weighted by atomic mass is 19.1. The molecule has 2 heterocycles. The maximum Gasteiger partial charge on any atom is 0.280 e. The van der Waals surface area contributed by atoms with E-state index in [0.29, 0.717) is 35.9 Å². The quantitative estimate of drug-likeness (QED) is 0.738. The van der Waals surface area contributed by atoms with Crippen LogP contribution < -0.4 is 11.0 Å². The number of amides is 2. The molecule has 2 aromatic carbocycles. The lowest BCUT2D eigenvalue weighted by Crippen LogP contribution is -2.46. The van der Waals surface area contributed by atoms with Crippen molar-refractivity contribution in [1.29, 1.82) is 0 Å². The van der Waals surface area contributed by atoms with Gasteiger partial charge < -0.3 is 4.90 Å². The van der Waals surface area contributed by atoms with Crippen LogP contribution in [0.25, 0.3) is 10.9 Å². The fraction of sp³-hybridized carbons (Fsp3) is 0.238. The normalized spacial score (nSPS) is 16.6. The van der Waals surface area contributed by atoms with Crippen LogP contribution in [0, 0.1) is 11.7 Å². The number of nitrogens with zero attached hydrogens (tertiary/aromatic N) is 3. The largest absolute Gasteiger partial charge is 0.338 e. The van der Waals surface area contributed by atoms with Crippen LogP contribution in [0.3, 0.4) is 0 Å². The molecule has 0 aliphatic carbocycles. The topological polar surface area (TPSA) is 84.3 Å². The van der Waals surface area contributed by atoms with E-state index in [2.05, 4.69) is 10.4 Å². The molecule has 1 unspecified atom stereocenters. The third-order valence-electron chi connectivity index (χ3n) is 5.07. The maximum absolute atomic E-state index is 13.1. The van der Waals surface area contributed by atoms with Gasteiger partial charge in [-0.1, -0.05) is 12.1 Å². The average Bonchev–Trinajstić information content (AvgIpc) is 2.76. The van der Waals surface area contributed by atoms with E-state index in [4.69, 9.17) is 0 Å². The van der Waals surface area contributed by atoms with Crippen molar-refractivity contribution in [2.45, 2.75) is 12.8 Å². The number of para-hydroxylation sites is 1. The Kier molecular flexibility index (Phi) is 5.07. The summed E-state index contributed by atoms with van der Waals surface area (Å²) in [5.41, 5.74) is 3.16. The second-order valence-corrected chi connectivity index (χ2v) is 7.01. The maximum atomic E-state index is 13.1. The Morgan fingerprint density at radius 3 is 2.66 bits per heavy atom. The van der Waals surface area contributed by atoms with E-state index < -0.39 is 11.7 Å². The van der Waals surface area contributed by atoms with Gasteiger partial charge in [-0.25, -0.2) is 14.1 Å². The molecule has 0 bridgehead atoms. The standard InChI is InChI=1S/C21H19FN4O3/c22-16-9-7-14(8-10-16)20(28)25-11-3-4-15(12-25)19(27)24-26-13-23-18-6-2-1-5-17(18)21(26)29/h1-2,5-10,13,15H,3-4,11-12H2,(H,24,27). The molecule has 1 aliphatic rings. The second-order valence-electron chi connectivity index (χ2n) is 7.01. The van der Waals surface area contributed by atoms with Crippen LogP contribution in [0.2, 0.25) is 0 Å². The minimum atomic E-state index is -0.452. The van der Waals surface area contributed by atoms with Gasteiger partial charge in [-0.05, 0) is 49.2 Å². The Labute approximate surface area is 165 Å². The summed E-state index contributed by atoms with van der Waals surface area (Å²) in [5, 5.41) is 0.409. The lowest BCUT2D eigenvalue weighted by atomic mass is 9.96. The zero-order valence-corrected chi connectivity index (χ0v) is 15.5. The fourth-order valence-electron chi connectivity index (χ4n) is 3.51. The second kappa shape index (κ2) is 7.83. The summed E-state index contributed by atoms with van der Waals surface area (Å²) in [7, 11) is 0. The third-order valence-corrected chi connectivity index (χ3v) is 5.07. The Bertz CT molecular complexity index is 1130. The Morgan fingerprint density at radius 2 is 1.86 bits per heavy atom. The van der Waals surface area contributed by atoms with Crippen molar-refractivity contribution in [3.63, 3.8) is 0 Å². The summed E-state index contributed by atoms with van der Waals surface area (Å²) in [6.45, 7) is 0.759. The van der Waals surface area contributed by atoms with Gasteiger partial charge in [-0.3, -0.25) is 19.8 Å². The van der Waals surface area contributed by atoms with Gasteiger partial charge >= 0.3 is 0 Å². The van der Waals surface area contributed by atoms with Crippen molar-refractivity contribution < 1.29 is 14.0 Å². The highest BCUT2D eigenvalue weighted by Crippen LogP contribution is 2.19. The molecule has 0 saturated carbocycles. The number of hydrogen-bond donors (Lipinski definition) is 1. The molecule has 8 heteroatoms. The third kappa shape index (κ3) is 3.87. The van der Waals surface area contributed by atoms with Gasteiger partial charge in [-0.15, -0.1) is 0 Å². The Morgan fingerprint density at radius 1 is 1.10 bits per heavy atom. The first-order valence-corrected chi connectivity index (χ1v) is 9.35. The van der Waals surface area contributed by atoms with Crippen LogP contribution in [0.4, 0.5) is 4.39 Å². The van der Waals surface area contributed by atoms with Crippen LogP contribution in [-0.4, -0.2) is 39.5 Å². The number of carbonyl (C=O) groups excluding carboxylic acids is 2. The van der Waals surface area contributed by atoms with Crippen LogP contribution >= 0.6 is 0 Å². The lowest BCUT2D eigenvalue weighted by Gasteiger charge is -2.32. The molecule has 3 aromatic rings. The monoisotopic (exact) mass is 394 g/mol. The molecule has 148 valence electrons.